The third-order valence-corrected chi connectivity index (χ3v) is 7.87. The second-order valence-corrected chi connectivity index (χ2v) is 10.6. The molecule has 2 heterocycles. The van der Waals surface area contributed by atoms with E-state index in [4.69, 9.17) is 0 Å². The van der Waals surface area contributed by atoms with Crippen molar-refractivity contribution < 1.29 is 8.42 Å². The van der Waals surface area contributed by atoms with E-state index in [0.717, 1.165) is 23.7 Å². The summed E-state index contributed by atoms with van der Waals surface area (Å²) in [5.74, 6) is 0.863. The smallest absolute Gasteiger partial charge is 0.252 e. The van der Waals surface area contributed by atoms with Crippen molar-refractivity contribution in [2.45, 2.75) is 36.3 Å². The molecule has 1 aliphatic rings. The molecule has 0 aromatic carbocycles. The van der Waals surface area contributed by atoms with Crippen LogP contribution >= 0.6 is 23.1 Å². The largest absolute Gasteiger partial charge is 0.312 e. The first-order valence-electron chi connectivity index (χ1n) is 6.79. The van der Waals surface area contributed by atoms with E-state index in [9.17, 15) is 8.42 Å². The average molecular weight is 335 g/mol. The van der Waals surface area contributed by atoms with Gasteiger partial charge in [-0.25, -0.2) is 8.42 Å². The van der Waals surface area contributed by atoms with Crippen molar-refractivity contribution in [1.82, 2.24) is 9.62 Å². The number of thioether (sulfide) groups is 1. The average Bonchev–Trinajstić information content (AvgIpc) is 2.84. The molecule has 1 aromatic heterocycles. The lowest BCUT2D eigenvalue weighted by atomic mass is 10.2. The predicted octanol–water partition coefficient (Wildman–Crippen LogP) is 2.37. The maximum absolute atomic E-state index is 12.7. The standard InChI is InChI=1S/C13H22N2O2S3/c1-4-14-9-11-5-6-12(19-11)20(16,17)15-7-8-18-13(2,3)10-15/h5-6,14H,4,7-10H2,1-3H3. The Morgan fingerprint density at radius 3 is 2.80 bits per heavy atom. The molecule has 1 fully saturated rings. The Balaban J connectivity index is 2.15. The summed E-state index contributed by atoms with van der Waals surface area (Å²) in [5.41, 5.74) is 0. The number of sulfonamides is 1. The van der Waals surface area contributed by atoms with Crippen LogP contribution in [0.4, 0.5) is 0 Å². The van der Waals surface area contributed by atoms with Gasteiger partial charge in [-0.1, -0.05) is 6.92 Å². The zero-order valence-electron chi connectivity index (χ0n) is 12.2. The predicted molar refractivity (Wildman–Crippen MR) is 87.0 cm³/mol. The topological polar surface area (TPSA) is 49.4 Å². The number of nitrogens with zero attached hydrogens (tertiary/aromatic N) is 1. The van der Waals surface area contributed by atoms with Crippen LogP contribution in [0.2, 0.25) is 0 Å². The van der Waals surface area contributed by atoms with Gasteiger partial charge in [-0.2, -0.15) is 16.1 Å². The fraction of sp³-hybridized carbons (Fsp3) is 0.692. The second-order valence-electron chi connectivity index (χ2n) is 5.45. The number of hydrogen-bond donors (Lipinski definition) is 1. The van der Waals surface area contributed by atoms with Crippen molar-refractivity contribution in [3.8, 4) is 0 Å². The molecule has 0 saturated carbocycles. The quantitative estimate of drug-likeness (QED) is 0.898. The third kappa shape index (κ3) is 3.76. The lowest BCUT2D eigenvalue weighted by Crippen LogP contribution is -2.45. The number of rotatable bonds is 5. The van der Waals surface area contributed by atoms with Gasteiger partial charge in [-0.05, 0) is 32.5 Å². The summed E-state index contributed by atoms with van der Waals surface area (Å²) in [4.78, 5) is 1.07. The SMILES string of the molecule is CCNCc1ccc(S(=O)(=O)N2CCSC(C)(C)C2)s1. The van der Waals surface area contributed by atoms with Gasteiger partial charge in [0.05, 0.1) is 0 Å². The molecule has 1 aromatic rings. The van der Waals surface area contributed by atoms with Crippen molar-refractivity contribution in [2.75, 3.05) is 25.4 Å². The molecule has 4 nitrogen and oxygen atoms in total. The van der Waals surface area contributed by atoms with E-state index in [1.54, 1.807) is 10.4 Å². The molecule has 2 rings (SSSR count). The monoisotopic (exact) mass is 334 g/mol. The molecule has 0 unspecified atom stereocenters. The van der Waals surface area contributed by atoms with Crippen LogP contribution in [-0.2, 0) is 16.6 Å². The van der Waals surface area contributed by atoms with Gasteiger partial charge in [-0.3, -0.25) is 0 Å². The molecule has 0 amide bonds. The number of thiophene rings is 1. The lowest BCUT2D eigenvalue weighted by molar-refractivity contribution is 0.388. The first kappa shape index (κ1) is 16.3. The van der Waals surface area contributed by atoms with Gasteiger partial charge >= 0.3 is 0 Å². The zero-order chi connectivity index (χ0) is 14.8. The molecular weight excluding hydrogens is 312 g/mol. The molecule has 0 radical (unpaired) electrons. The molecule has 0 atom stereocenters. The molecule has 1 saturated heterocycles. The van der Waals surface area contributed by atoms with Crippen LogP contribution in [0.5, 0.6) is 0 Å². The fourth-order valence-electron chi connectivity index (χ4n) is 2.15. The first-order valence-corrected chi connectivity index (χ1v) is 10.0. The normalized spacial score (nSPS) is 20.1. The van der Waals surface area contributed by atoms with Crippen LogP contribution in [0, 0.1) is 0 Å². The highest BCUT2D eigenvalue weighted by Crippen LogP contribution is 2.34. The van der Waals surface area contributed by atoms with E-state index in [1.165, 1.54) is 11.3 Å². The molecular formula is C13H22N2O2S3. The highest BCUT2D eigenvalue weighted by atomic mass is 32.2. The first-order chi connectivity index (χ1) is 9.35. The summed E-state index contributed by atoms with van der Waals surface area (Å²) in [6.45, 7) is 9.06. The van der Waals surface area contributed by atoms with Crippen LogP contribution in [0.3, 0.4) is 0 Å². The maximum Gasteiger partial charge on any atom is 0.252 e. The second kappa shape index (κ2) is 6.36. The van der Waals surface area contributed by atoms with Crippen molar-refractivity contribution >= 4 is 33.1 Å². The van der Waals surface area contributed by atoms with E-state index in [2.05, 4.69) is 19.2 Å². The van der Waals surface area contributed by atoms with E-state index < -0.39 is 10.0 Å². The van der Waals surface area contributed by atoms with Gasteiger partial charge in [0.15, 0.2) is 0 Å². The zero-order valence-corrected chi connectivity index (χ0v) is 14.6. The molecule has 0 bridgehead atoms. The molecule has 0 aliphatic carbocycles. The highest BCUT2D eigenvalue weighted by molar-refractivity contribution is 8.00. The van der Waals surface area contributed by atoms with E-state index in [0.29, 0.717) is 17.3 Å². The molecule has 1 N–H and O–H groups in total. The van der Waals surface area contributed by atoms with E-state index in [1.807, 2.05) is 24.8 Å². The summed E-state index contributed by atoms with van der Waals surface area (Å²) in [7, 11) is -3.33. The summed E-state index contributed by atoms with van der Waals surface area (Å²) in [6.07, 6.45) is 0. The fourth-order valence-corrected chi connectivity index (χ4v) is 6.54. The maximum atomic E-state index is 12.7. The third-order valence-electron chi connectivity index (χ3n) is 3.17. The molecule has 1 aliphatic heterocycles. The Morgan fingerprint density at radius 2 is 2.15 bits per heavy atom. The Kier molecular flexibility index (Phi) is 5.18. The minimum atomic E-state index is -3.33. The molecule has 7 heteroatoms. The summed E-state index contributed by atoms with van der Waals surface area (Å²) in [5, 5.41) is 3.22. The summed E-state index contributed by atoms with van der Waals surface area (Å²) in [6, 6.07) is 3.64. The summed E-state index contributed by atoms with van der Waals surface area (Å²) >= 11 is 3.21. The Hall–Kier alpha value is -0.0800. The van der Waals surface area contributed by atoms with Gasteiger partial charge in [0.2, 0.25) is 0 Å². The van der Waals surface area contributed by atoms with Gasteiger partial charge < -0.3 is 5.32 Å². The van der Waals surface area contributed by atoms with Crippen LogP contribution in [-0.4, -0.2) is 42.9 Å². The number of hydrogen-bond acceptors (Lipinski definition) is 5. The van der Waals surface area contributed by atoms with Crippen molar-refractivity contribution in [2.24, 2.45) is 0 Å². The van der Waals surface area contributed by atoms with Crippen molar-refractivity contribution in [1.29, 1.82) is 0 Å². The summed E-state index contributed by atoms with van der Waals surface area (Å²) < 4.78 is 27.4. The Morgan fingerprint density at radius 1 is 1.40 bits per heavy atom. The Bertz CT molecular complexity index is 552. The van der Waals surface area contributed by atoms with Crippen LogP contribution < -0.4 is 5.32 Å². The van der Waals surface area contributed by atoms with Gasteiger partial charge in [-0.15, -0.1) is 11.3 Å². The van der Waals surface area contributed by atoms with Crippen LogP contribution in [0.15, 0.2) is 16.3 Å². The van der Waals surface area contributed by atoms with Crippen LogP contribution in [0.1, 0.15) is 25.6 Å². The van der Waals surface area contributed by atoms with E-state index in [-0.39, 0.29) is 4.75 Å². The molecule has 114 valence electrons. The minimum Gasteiger partial charge on any atom is -0.312 e. The Labute approximate surface area is 130 Å². The van der Waals surface area contributed by atoms with Crippen molar-refractivity contribution in [3.63, 3.8) is 0 Å². The van der Waals surface area contributed by atoms with Crippen LogP contribution in [0.25, 0.3) is 0 Å². The van der Waals surface area contributed by atoms with Gasteiger partial charge in [0.25, 0.3) is 10.0 Å². The molecule has 0 spiro atoms. The lowest BCUT2D eigenvalue weighted by Gasteiger charge is -2.36. The molecule has 20 heavy (non-hydrogen) atoms. The van der Waals surface area contributed by atoms with E-state index >= 15 is 0 Å². The van der Waals surface area contributed by atoms with Crippen molar-refractivity contribution in [3.05, 3.63) is 17.0 Å². The highest BCUT2D eigenvalue weighted by Gasteiger charge is 2.35. The van der Waals surface area contributed by atoms with Gasteiger partial charge in [0.1, 0.15) is 4.21 Å². The van der Waals surface area contributed by atoms with Gasteiger partial charge in [0, 0.05) is 35.0 Å². The minimum absolute atomic E-state index is 0.00479. The number of nitrogens with one attached hydrogen (secondary N) is 1.